The summed E-state index contributed by atoms with van der Waals surface area (Å²) in [7, 11) is 0. The first-order valence-corrected chi connectivity index (χ1v) is 7.80. The first kappa shape index (κ1) is 14.5. The third kappa shape index (κ3) is 3.80. The van der Waals surface area contributed by atoms with Crippen LogP contribution in [0.5, 0.6) is 0 Å². The molecular formula is C15H21BrN2O. The molecule has 4 heteroatoms. The first-order chi connectivity index (χ1) is 9.22. The van der Waals surface area contributed by atoms with Crippen molar-refractivity contribution in [3.05, 3.63) is 28.2 Å². The Bertz CT molecular complexity index is 448. The van der Waals surface area contributed by atoms with Crippen LogP contribution in [0.4, 0.5) is 5.69 Å². The molecule has 2 N–H and O–H groups in total. The van der Waals surface area contributed by atoms with Crippen LogP contribution in [0, 0.1) is 0 Å². The van der Waals surface area contributed by atoms with Gasteiger partial charge >= 0.3 is 0 Å². The van der Waals surface area contributed by atoms with E-state index < -0.39 is 0 Å². The predicted octanol–water partition coefficient (Wildman–Crippen LogP) is 3.25. The monoisotopic (exact) mass is 324 g/mol. The van der Waals surface area contributed by atoms with Crippen LogP contribution in [-0.2, 0) is 11.2 Å². The Morgan fingerprint density at radius 2 is 2.05 bits per heavy atom. The summed E-state index contributed by atoms with van der Waals surface area (Å²) < 4.78 is 1.09. The Labute approximate surface area is 123 Å². The average molecular weight is 325 g/mol. The number of halogens is 1. The van der Waals surface area contributed by atoms with Crippen molar-refractivity contribution in [1.29, 1.82) is 0 Å². The van der Waals surface area contributed by atoms with Crippen molar-refractivity contribution < 1.29 is 4.79 Å². The van der Waals surface area contributed by atoms with Gasteiger partial charge in [-0.3, -0.25) is 4.79 Å². The van der Waals surface area contributed by atoms with Crippen LogP contribution in [-0.4, -0.2) is 19.0 Å². The maximum atomic E-state index is 12.2. The highest BCUT2D eigenvalue weighted by Crippen LogP contribution is 2.31. The lowest BCUT2D eigenvalue weighted by molar-refractivity contribution is -0.118. The Hall–Kier alpha value is -0.870. The van der Waals surface area contributed by atoms with Gasteiger partial charge in [0.05, 0.1) is 0 Å². The van der Waals surface area contributed by atoms with E-state index in [1.54, 1.807) is 0 Å². The summed E-state index contributed by atoms with van der Waals surface area (Å²) in [5.74, 6) is 0.258. The molecule has 2 rings (SSSR count). The lowest BCUT2D eigenvalue weighted by Gasteiger charge is -2.17. The molecule has 0 bridgehead atoms. The molecule has 0 unspecified atom stereocenters. The van der Waals surface area contributed by atoms with Crippen LogP contribution in [0.3, 0.4) is 0 Å². The van der Waals surface area contributed by atoms with E-state index in [2.05, 4.69) is 22.0 Å². The van der Waals surface area contributed by atoms with Gasteiger partial charge in [0.1, 0.15) is 0 Å². The second-order valence-corrected chi connectivity index (χ2v) is 5.94. The van der Waals surface area contributed by atoms with E-state index in [9.17, 15) is 4.79 Å². The number of hydrogen-bond donors (Lipinski definition) is 1. The van der Waals surface area contributed by atoms with E-state index in [-0.39, 0.29) is 5.91 Å². The molecule has 19 heavy (non-hydrogen) atoms. The van der Waals surface area contributed by atoms with E-state index in [1.807, 2.05) is 17.0 Å². The van der Waals surface area contributed by atoms with Gasteiger partial charge in [0.2, 0.25) is 5.91 Å². The Morgan fingerprint density at radius 1 is 1.26 bits per heavy atom. The van der Waals surface area contributed by atoms with Crippen molar-refractivity contribution in [2.24, 2.45) is 5.73 Å². The Morgan fingerprint density at radius 3 is 2.84 bits per heavy atom. The normalized spacial score (nSPS) is 13.7. The highest BCUT2D eigenvalue weighted by molar-refractivity contribution is 9.10. The lowest BCUT2D eigenvalue weighted by Crippen LogP contribution is -2.28. The van der Waals surface area contributed by atoms with Gasteiger partial charge in [-0.15, -0.1) is 0 Å². The number of unbranched alkanes of at least 4 members (excludes halogenated alkanes) is 3. The predicted molar refractivity (Wildman–Crippen MR) is 82.3 cm³/mol. The van der Waals surface area contributed by atoms with Crippen LogP contribution >= 0.6 is 15.9 Å². The molecular weight excluding hydrogens is 304 g/mol. The minimum Gasteiger partial charge on any atom is -0.330 e. The second-order valence-electron chi connectivity index (χ2n) is 5.02. The SMILES string of the molecule is NCCCCCCC(=O)N1CCc2cc(Br)ccc21. The largest absolute Gasteiger partial charge is 0.330 e. The zero-order chi connectivity index (χ0) is 13.7. The molecule has 0 atom stereocenters. The van der Waals surface area contributed by atoms with E-state index in [1.165, 1.54) is 5.56 Å². The molecule has 1 amide bonds. The summed E-state index contributed by atoms with van der Waals surface area (Å²) in [5, 5.41) is 0. The number of amides is 1. The molecule has 0 spiro atoms. The molecule has 0 saturated heterocycles. The summed E-state index contributed by atoms with van der Waals surface area (Å²) in [5.41, 5.74) is 7.82. The fraction of sp³-hybridized carbons (Fsp3) is 0.533. The third-order valence-electron chi connectivity index (χ3n) is 3.58. The molecule has 1 heterocycles. The molecule has 3 nitrogen and oxygen atoms in total. The number of nitrogens with zero attached hydrogens (tertiary/aromatic N) is 1. The number of hydrogen-bond acceptors (Lipinski definition) is 2. The minimum absolute atomic E-state index is 0.258. The van der Waals surface area contributed by atoms with E-state index >= 15 is 0 Å². The molecule has 0 saturated carbocycles. The molecule has 1 aliphatic rings. The lowest BCUT2D eigenvalue weighted by atomic mass is 10.1. The molecule has 0 aromatic heterocycles. The van der Waals surface area contributed by atoms with Gasteiger partial charge in [0.25, 0.3) is 0 Å². The average Bonchev–Trinajstić information content (AvgIpc) is 2.81. The molecule has 0 aliphatic carbocycles. The van der Waals surface area contributed by atoms with Crippen molar-refractivity contribution in [2.75, 3.05) is 18.0 Å². The maximum Gasteiger partial charge on any atom is 0.226 e. The van der Waals surface area contributed by atoms with Crippen molar-refractivity contribution in [3.63, 3.8) is 0 Å². The second kappa shape index (κ2) is 7.06. The van der Waals surface area contributed by atoms with Gasteiger partial charge in [0.15, 0.2) is 0 Å². The van der Waals surface area contributed by atoms with Crippen molar-refractivity contribution in [3.8, 4) is 0 Å². The summed E-state index contributed by atoms with van der Waals surface area (Å²) >= 11 is 3.47. The standard InChI is InChI=1S/C15H21BrN2O/c16-13-6-7-14-12(11-13)8-10-18(14)15(19)5-3-1-2-4-9-17/h6-7,11H,1-5,8-10,17H2. The van der Waals surface area contributed by atoms with Gasteiger partial charge in [-0.1, -0.05) is 28.8 Å². The van der Waals surface area contributed by atoms with Crippen LogP contribution in [0.15, 0.2) is 22.7 Å². The van der Waals surface area contributed by atoms with Crippen molar-refractivity contribution in [1.82, 2.24) is 0 Å². The fourth-order valence-electron chi connectivity index (χ4n) is 2.54. The number of fused-ring (bicyclic) bond motifs is 1. The zero-order valence-electron chi connectivity index (χ0n) is 11.2. The molecule has 1 aliphatic heterocycles. The van der Waals surface area contributed by atoms with E-state index in [0.29, 0.717) is 6.42 Å². The molecule has 0 fully saturated rings. The highest BCUT2D eigenvalue weighted by atomic mass is 79.9. The van der Waals surface area contributed by atoms with Gasteiger partial charge < -0.3 is 10.6 Å². The van der Waals surface area contributed by atoms with E-state index in [4.69, 9.17) is 5.73 Å². The topological polar surface area (TPSA) is 46.3 Å². The number of rotatable bonds is 6. The molecule has 0 radical (unpaired) electrons. The molecule has 104 valence electrons. The zero-order valence-corrected chi connectivity index (χ0v) is 12.8. The summed E-state index contributed by atoms with van der Waals surface area (Å²) in [6.07, 6.45) is 5.89. The highest BCUT2D eigenvalue weighted by Gasteiger charge is 2.23. The maximum absolute atomic E-state index is 12.2. The van der Waals surface area contributed by atoms with Gasteiger partial charge in [0, 0.05) is 23.1 Å². The summed E-state index contributed by atoms with van der Waals surface area (Å²) in [6, 6.07) is 6.16. The molecule has 1 aromatic rings. The molecule has 1 aromatic carbocycles. The van der Waals surface area contributed by atoms with Gasteiger partial charge in [-0.05, 0) is 49.6 Å². The number of benzene rings is 1. The smallest absolute Gasteiger partial charge is 0.226 e. The van der Waals surface area contributed by atoms with Crippen molar-refractivity contribution in [2.45, 2.75) is 38.5 Å². The van der Waals surface area contributed by atoms with Crippen molar-refractivity contribution >= 4 is 27.5 Å². The first-order valence-electron chi connectivity index (χ1n) is 7.01. The Kier molecular flexibility index (Phi) is 5.40. The number of anilines is 1. The number of carbonyl (C=O) groups is 1. The summed E-state index contributed by atoms with van der Waals surface area (Å²) in [6.45, 7) is 1.58. The van der Waals surface area contributed by atoms with E-state index in [0.717, 1.165) is 55.4 Å². The fourth-order valence-corrected chi connectivity index (χ4v) is 2.95. The third-order valence-corrected chi connectivity index (χ3v) is 4.08. The summed E-state index contributed by atoms with van der Waals surface area (Å²) in [4.78, 5) is 14.2. The van der Waals surface area contributed by atoms with Crippen LogP contribution in [0.1, 0.15) is 37.7 Å². The van der Waals surface area contributed by atoms with Crippen LogP contribution < -0.4 is 10.6 Å². The van der Waals surface area contributed by atoms with Gasteiger partial charge in [-0.25, -0.2) is 0 Å². The minimum atomic E-state index is 0.258. The van der Waals surface area contributed by atoms with Crippen LogP contribution in [0.25, 0.3) is 0 Å². The Balaban J connectivity index is 1.85. The number of nitrogens with two attached hydrogens (primary N) is 1. The quantitative estimate of drug-likeness (QED) is 0.816. The van der Waals surface area contributed by atoms with Gasteiger partial charge in [-0.2, -0.15) is 0 Å². The number of carbonyl (C=O) groups excluding carboxylic acids is 1. The van der Waals surface area contributed by atoms with Crippen LogP contribution in [0.2, 0.25) is 0 Å².